The molecule has 0 bridgehead atoms. The minimum absolute atomic E-state index is 0.0254. The Kier molecular flexibility index (Phi) is 3.23. The van der Waals surface area contributed by atoms with E-state index in [0.29, 0.717) is 12.3 Å². The maximum Gasteiger partial charge on any atom is 0.160 e. The molecule has 2 nitrogen and oxygen atoms in total. The third-order valence-corrected chi connectivity index (χ3v) is 1.95. The van der Waals surface area contributed by atoms with E-state index in [1.165, 1.54) is 6.07 Å². The van der Waals surface area contributed by atoms with Gasteiger partial charge in [0, 0.05) is 5.88 Å². The summed E-state index contributed by atoms with van der Waals surface area (Å²) in [5.41, 5.74) is 0.746. The number of phenolic OH excluding ortho intramolecular Hbond substituents is 2. The summed E-state index contributed by atoms with van der Waals surface area (Å²) in [4.78, 5) is 0. The number of benzene rings is 1. The van der Waals surface area contributed by atoms with Crippen molar-refractivity contribution in [2.75, 3.05) is 5.88 Å². The quantitative estimate of drug-likeness (QED) is 0.562. The Bertz CT molecular complexity index is 261. The zero-order valence-electron chi connectivity index (χ0n) is 6.63. The van der Waals surface area contributed by atoms with E-state index in [-0.39, 0.29) is 11.5 Å². The van der Waals surface area contributed by atoms with Crippen molar-refractivity contribution in [1.82, 2.24) is 0 Å². The predicted molar refractivity (Wildman–Crippen MR) is 48.8 cm³/mol. The van der Waals surface area contributed by atoms with Crippen LogP contribution in [-0.2, 0) is 6.42 Å². The van der Waals surface area contributed by atoms with Crippen molar-refractivity contribution in [2.24, 2.45) is 0 Å². The summed E-state index contributed by atoms with van der Waals surface area (Å²) in [6.45, 7) is 0. The molecule has 0 aliphatic heterocycles. The lowest BCUT2D eigenvalue weighted by Gasteiger charge is -2.03. The first-order valence-corrected chi connectivity index (χ1v) is 4.35. The Labute approximate surface area is 76.4 Å². The molecule has 0 amide bonds. The van der Waals surface area contributed by atoms with Crippen LogP contribution in [0.1, 0.15) is 12.0 Å². The highest BCUT2D eigenvalue weighted by molar-refractivity contribution is 6.17. The van der Waals surface area contributed by atoms with Crippen molar-refractivity contribution >= 4 is 11.6 Å². The van der Waals surface area contributed by atoms with Gasteiger partial charge in [0.2, 0.25) is 0 Å². The van der Waals surface area contributed by atoms with Crippen LogP contribution in [0.5, 0.6) is 11.5 Å². The normalized spacial score (nSPS) is 10.1. The molecule has 0 atom stereocenters. The molecule has 0 aromatic heterocycles. The van der Waals surface area contributed by atoms with Crippen LogP contribution in [0, 0.1) is 0 Å². The van der Waals surface area contributed by atoms with Gasteiger partial charge in [0.1, 0.15) is 0 Å². The summed E-state index contributed by atoms with van der Waals surface area (Å²) in [5.74, 6) is 0.472. The number of aromatic hydroxyl groups is 2. The lowest BCUT2D eigenvalue weighted by Crippen LogP contribution is -1.86. The Morgan fingerprint density at radius 1 is 1.25 bits per heavy atom. The van der Waals surface area contributed by atoms with Crippen molar-refractivity contribution in [3.63, 3.8) is 0 Å². The van der Waals surface area contributed by atoms with Crippen LogP contribution in [0.4, 0.5) is 0 Å². The van der Waals surface area contributed by atoms with Crippen LogP contribution in [0.15, 0.2) is 18.2 Å². The molecule has 0 aliphatic rings. The van der Waals surface area contributed by atoms with Gasteiger partial charge in [-0.3, -0.25) is 0 Å². The fourth-order valence-corrected chi connectivity index (χ4v) is 1.17. The van der Waals surface area contributed by atoms with Crippen LogP contribution in [0.3, 0.4) is 0 Å². The molecule has 0 fully saturated rings. The summed E-state index contributed by atoms with van der Waals surface area (Å²) in [7, 11) is 0. The SMILES string of the molecule is Oc1cccc(CCCCl)c1O. The van der Waals surface area contributed by atoms with E-state index in [0.717, 1.165) is 12.0 Å². The monoisotopic (exact) mass is 186 g/mol. The summed E-state index contributed by atoms with van der Waals surface area (Å²) >= 11 is 5.50. The minimum Gasteiger partial charge on any atom is -0.504 e. The molecular formula is C9H11ClO2. The van der Waals surface area contributed by atoms with Crippen LogP contribution in [-0.4, -0.2) is 16.1 Å². The highest BCUT2D eigenvalue weighted by atomic mass is 35.5. The Morgan fingerprint density at radius 2 is 2.00 bits per heavy atom. The van der Waals surface area contributed by atoms with Gasteiger partial charge in [0.05, 0.1) is 0 Å². The second-order valence-electron chi connectivity index (χ2n) is 2.58. The van der Waals surface area contributed by atoms with Gasteiger partial charge < -0.3 is 10.2 Å². The third-order valence-electron chi connectivity index (χ3n) is 1.68. The molecule has 0 heterocycles. The molecule has 66 valence electrons. The van der Waals surface area contributed by atoms with Gasteiger partial charge in [-0.2, -0.15) is 0 Å². The van der Waals surface area contributed by atoms with Gasteiger partial charge in [-0.15, -0.1) is 11.6 Å². The van der Waals surface area contributed by atoms with Crippen LogP contribution < -0.4 is 0 Å². The van der Waals surface area contributed by atoms with Crippen molar-refractivity contribution in [1.29, 1.82) is 0 Å². The number of rotatable bonds is 3. The average Bonchev–Trinajstić information content (AvgIpc) is 2.08. The van der Waals surface area contributed by atoms with Crippen LogP contribution >= 0.6 is 11.6 Å². The summed E-state index contributed by atoms with van der Waals surface area (Å²) in [6.07, 6.45) is 1.50. The lowest BCUT2D eigenvalue weighted by atomic mass is 10.1. The maximum atomic E-state index is 9.33. The fourth-order valence-electron chi connectivity index (χ4n) is 1.04. The molecule has 0 radical (unpaired) electrons. The predicted octanol–water partition coefficient (Wildman–Crippen LogP) is 2.27. The first kappa shape index (κ1) is 9.20. The summed E-state index contributed by atoms with van der Waals surface area (Å²) in [6, 6.07) is 4.94. The van der Waals surface area contributed by atoms with Gasteiger partial charge in [0.15, 0.2) is 11.5 Å². The Hall–Kier alpha value is -0.890. The van der Waals surface area contributed by atoms with E-state index < -0.39 is 0 Å². The Balaban J connectivity index is 2.78. The van der Waals surface area contributed by atoms with E-state index in [2.05, 4.69) is 0 Å². The number of para-hydroxylation sites is 1. The van der Waals surface area contributed by atoms with E-state index in [9.17, 15) is 5.11 Å². The summed E-state index contributed by atoms with van der Waals surface area (Å²) in [5, 5.41) is 18.4. The van der Waals surface area contributed by atoms with Gasteiger partial charge in [-0.25, -0.2) is 0 Å². The van der Waals surface area contributed by atoms with Crippen molar-refractivity contribution < 1.29 is 10.2 Å². The fraction of sp³-hybridized carbons (Fsp3) is 0.333. The van der Waals surface area contributed by atoms with Crippen molar-refractivity contribution in [2.45, 2.75) is 12.8 Å². The maximum absolute atomic E-state index is 9.33. The first-order valence-electron chi connectivity index (χ1n) is 3.81. The molecule has 0 saturated carbocycles. The molecule has 0 aliphatic carbocycles. The van der Waals surface area contributed by atoms with Gasteiger partial charge in [-0.05, 0) is 24.5 Å². The third kappa shape index (κ3) is 2.05. The molecule has 1 rings (SSSR count). The van der Waals surface area contributed by atoms with Crippen molar-refractivity contribution in [3.05, 3.63) is 23.8 Å². The lowest BCUT2D eigenvalue weighted by molar-refractivity contribution is 0.399. The second-order valence-corrected chi connectivity index (χ2v) is 2.96. The smallest absolute Gasteiger partial charge is 0.160 e. The number of phenols is 2. The first-order chi connectivity index (χ1) is 5.75. The largest absolute Gasteiger partial charge is 0.504 e. The number of hydrogen-bond donors (Lipinski definition) is 2. The molecule has 2 N–H and O–H groups in total. The molecule has 3 heteroatoms. The highest BCUT2D eigenvalue weighted by Gasteiger charge is 2.03. The topological polar surface area (TPSA) is 40.5 Å². The minimum atomic E-state index is -0.0675. The number of aryl methyl sites for hydroxylation is 1. The zero-order chi connectivity index (χ0) is 8.97. The van der Waals surface area contributed by atoms with Gasteiger partial charge in [0.25, 0.3) is 0 Å². The molecule has 0 unspecified atom stereocenters. The number of halogens is 1. The van der Waals surface area contributed by atoms with Crippen molar-refractivity contribution in [3.8, 4) is 11.5 Å². The Morgan fingerprint density at radius 3 is 2.67 bits per heavy atom. The second kappa shape index (κ2) is 4.21. The average molecular weight is 187 g/mol. The van der Waals surface area contributed by atoms with E-state index in [4.69, 9.17) is 16.7 Å². The van der Waals surface area contributed by atoms with Gasteiger partial charge >= 0.3 is 0 Å². The molecule has 12 heavy (non-hydrogen) atoms. The highest BCUT2D eigenvalue weighted by Crippen LogP contribution is 2.28. The number of alkyl halides is 1. The van der Waals surface area contributed by atoms with Crippen LogP contribution in [0.2, 0.25) is 0 Å². The molecule has 0 spiro atoms. The molecule has 0 saturated heterocycles. The van der Waals surface area contributed by atoms with E-state index >= 15 is 0 Å². The van der Waals surface area contributed by atoms with Gasteiger partial charge in [-0.1, -0.05) is 12.1 Å². The summed E-state index contributed by atoms with van der Waals surface area (Å²) < 4.78 is 0. The molecule has 1 aromatic carbocycles. The van der Waals surface area contributed by atoms with E-state index in [1.807, 2.05) is 0 Å². The number of hydrogen-bond acceptors (Lipinski definition) is 2. The molecule has 1 aromatic rings. The standard InChI is InChI=1S/C9H11ClO2/c10-6-2-4-7-3-1-5-8(11)9(7)12/h1,3,5,11-12H,2,4,6H2. The van der Waals surface area contributed by atoms with Crippen LogP contribution in [0.25, 0.3) is 0 Å². The van der Waals surface area contributed by atoms with E-state index in [1.54, 1.807) is 12.1 Å². The zero-order valence-corrected chi connectivity index (χ0v) is 7.38. The molecular weight excluding hydrogens is 176 g/mol.